The van der Waals surface area contributed by atoms with Crippen molar-refractivity contribution in [1.29, 1.82) is 0 Å². The summed E-state index contributed by atoms with van der Waals surface area (Å²) in [5.74, 6) is 2.35. The number of nitrogens with zero attached hydrogens (tertiary/aromatic N) is 1. The number of nitrogens with one attached hydrogen (secondary N) is 1. The second-order valence-electron chi connectivity index (χ2n) is 6.92. The normalized spacial score (nSPS) is 24.1. The van der Waals surface area contributed by atoms with E-state index >= 15 is 0 Å². The van der Waals surface area contributed by atoms with E-state index < -0.39 is 0 Å². The van der Waals surface area contributed by atoms with E-state index in [1.54, 1.807) is 7.11 Å². The molecule has 3 fully saturated rings. The smallest absolute Gasteiger partial charge is 0.318 e. The average Bonchev–Trinajstić information content (AvgIpc) is 3.37. The van der Waals surface area contributed by atoms with E-state index in [0.717, 1.165) is 30.6 Å². The number of amides is 2. The highest BCUT2D eigenvalue weighted by atomic mass is 16.5. The van der Waals surface area contributed by atoms with Crippen LogP contribution in [0, 0.1) is 11.8 Å². The van der Waals surface area contributed by atoms with Gasteiger partial charge >= 0.3 is 6.03 Å². The van der Waals surface area contributed by atoms with Crippen LogP contribution in [0.5, 0.6) is 5.75 Å². The summed E-state index contributed by atoms with van der Waals surface area (Å²) in [4.78, 5) is 14.6. The Morgan fingerprint density at radius 1 is 1.23 bits per heavy atom. The van der Waals surface area contributed by atoms with Gasteiger partial charge in [0.25, 0.3) is 0 Å². The van der Waals surface area contributed by atoms with Gasteiger partial charge in [0.05, 0.1) is 13.2 Å². The third kappa shape index (κ3) is 2.67. The lowest BCUT2D eigenvalue weighted by atomic mass is 9.95. The molecule has 2 aliphatic carbocycles. The van der Waals surface area contributed by atoms with Crippen LogP contribution in [0.3, 0.4) is 0 Å². The first-order chi connectivity index (χ1) is 10.8. The zero-order valence-electron chi connectivity index (χ0n) is 13.1. The molecule has 1 aliphatic heterocycles. The zero-order chi connectivity index (χ0) is 15.1. The molecule has 22 heavy (non-hydrogen) atoms. The highest BCUT2D eigenvalue weighted by molar-refractivity contribution is 5.76. The molecule has 1 aromatic carbocycles. The van der Waals surface area contributed by atoms with E-state index in [2.05, 4.69) is 11.4 Å². The summed E-state index contributed by atoms with van der Waals surface area (Å²) in [5, 5.41) is 3.33. The molecule has 1 atom stereocenters. The van der Waals surface area contributed by atoms with Crippen LogP contribution in [0.4, 0.5) is 4.79 Å². The van der Waals surface area contributed by atoms with Crippen LogP contribution in [-0.4, -0.2) is 30.6 Å². The molecule has 4 rings (SSSR count). The van der Waals surface area contributed by atoms with E-state index in [9.17, 15) is 4.79 Å². The van der Waals surface area contributed by atoms with Crippen molar-refractivity contribution in [2.45, 2.75) is 44.2 Å². The van der Waals surface area contributed by atoms with Crippen molar-refractivity contribution in [3.63, 3.8) is 0 Å². The van der Waals surface area contributed by atoms with Crippen LogP contribution in [0.1, 0.15) is 43.7 Å². The van der Waals surface area contributed by atoms with Crippen LogP contribution in [0.15, 0.2) is 24.3 Å². The van der Waals surface area contributed by atoms with Crippen molar-refractivity contribution in [2.75, 3.05) is 13.7 Å². The number of carbonyl (C=O) groups excluding carboxylic acids is 1. The molecule has 1 unspecified atom stereocenters. The fourth-order valence-electron chi connectivity index (χ4n) is 3.58. The molecular formula is C18H24N2O2. The van der Waals surface area contributed by atoms with Crippen LogP contribution in [0.25, 0.3) is 0 Å². The van der Waals surface area contributed by atoms with Crippen molar-refractivity contribution >= 4 is 6.03 Å². The Labute approximate surface area is 131 Å². The van der Waals surface area contributed by atoms with Gasteiger partial charge in [-0.05, 0) is 61.6 Å². The molecule has 2 amide bonds. The number of likely N-dealkylation sites (tertiary alicyclic amines) is 1. The van der Waals surface area contributed by atoms with Gasteiger partial charge in [-0.1, -0.05) is 12.1 Å². The van der Waals surface area contributed by atoms with Crippen LogP contribution >= 0.6 is 0 Å². The minimum Gasteiger partial charge on any atom is -0.497 e. The van der Waals surface area contributed by atoms with Gasteiger partial charge in [-0.15, -0.1) is 0 Å². The highest BCUT2D eigenvalue weighted by Crippen LogP contribution is 2.45. The van der Waals surface area contributed by atoms with Gasteiger partial charge in [0.1, 0.15) is 5.75 Å². The molecule has 1 saturated heterocycles. The number of hydrogen-bond acceptors (Lipinski definition) is 2. The Kier molecular flexibility index (Phi) is 3.47. The topological polar surface area (TPSA) is 41.6 Å². The summed E-state index contributed by atoms with van der Waals surface area (Å²) in [7, 11) is 1.68. The minimum atomic E-state index is 0.128. The summed E-state index contributed by atoms with van der Waals surface area (Å²) in [6.45, 7) is 0.857. The first kappa shape index (κ1) is 13.9. The Morgan fingerprint density at radius 3 is 2.50 bits per heavy atom. The first-order valence-electron chi connectivity index (χ1n) is 8.47. The van der Waals surface area contributed by atoms with Crippen molar-refractivity contribution < 1.29 is 9.53 Å². The Hall–Kier alpha value is -1.71. The zero-order valence-corrected chi connectivity index (χ0v) is 13.1. The maximum absolute atomic E-state index is 12.6. The predicted molar refractivity (Wildman–Crippen MR) is 84.8 cm³/mol. The molecule has 1 N–H and O–H groups in total. The molecule has 0 aromatic heterocycles. The molecule has 1 heterocycles. The van der Waals surface area contributed by atoms with Crippen molar-refractivity contribution in [1.82, 2.24) is 10.2 Å². The number of rotatable bonds is 5. The summed E-state index contributed by atoms with van der Waals surface area (Å²) in [6.07, 6.45) is 6.21. The average molecular weight is 300 g/mol. The summed E-state index contributed by atoms with van der Waals surface area (Å²) in [6, 6.07) is 8.84. The molecule has 4 nitrogen and oxygen atoms in total. The number of hydrogen-bond donors (Lipinski definition) is 1. The second kappa shape index (κ2) is 5.49. The number of carbonyl (C=O) groups is 1. The maximum atomic E-state index is 12.6. The molecule has 0 bridgehead atoms. The van der Waals surface area contributed by atoms with E-state index in [1.807, 2.05) is 23.1 Å². The standard InChI is InChI=1S/C18H24N2O2/c1-22-15-4-2-3-14(11-15)16-9-10-20(16)18(21)19-17(12-5-6-12)13-7-8-13/h2-4,11-13,16-17H,5-10H2,1H3,(H,19,21). The molecule has 3 aliphatic rings. The monoisotopic (exact) mass is 300 g/mol. The molecule has 0 radical (unpaired) electrons. The maximum Gasteiger partial charge on any atom is 0.318 e. The van der Waals surface area contributed by atoms with Gasteiger partial charge in [0.15, 0.2) is 0 Å². The number of methoxy groups -OCH3 is 1. The largest absolute Gasteiger partial charge is 0.497 e. The number of ether oxygens (including phenoxy) is 1. The fourth-order valence-corrected chi connectivity index (χ4v) is 3.58. The van der Waals surface area contributed by atoms with Gasteiger partial charge in [-0.25, -0.2) is 4.79 Å². The molecular weight excluding hydrogens is 276 g/mol. The first-order valence-corrected chi connectivity index (χ1v) is 8.47. The van der Waals surface area contributed by atoms with E-state index in [0.29, 0.717) is 6.04 Å². The lowest BCUT2D eigenvalue weighted by Gasteiger charge is -2.42. The van der Waals surface area contributed by atoms with Gasteiger partial charge in [-0.2, -0.15) is 0 Å². The van der Waals surface area contributed by atoms with Gasteiger partial charge in [0.2, 0.25) is 0 Å². The van der Waals surface area contributed by atoms with E-state index in [1.165, 1.54) is 31.2 Å². The van der Waals surface area contributed by atoms with Gasteiger partial charge < -0.3 is 15.0 Å². The van der Waals surface area contributed by atoms with E-state index in [-0.39, 0.29) is 12.1 Å². The number of benzene rings is 1. The summed E-state index contributed by atoms with van der Waals surface area (Å²) >= 11 is 0. The molecule has 0 spiro atoms. The number of urea groups is 1. The molecule has 4 heteroatoms. The van der Waals surface area contributed by atoms with Crippen LogP contribution < -0.4 is 10.1 Å². The quantitative estimate of drug-likeness (QED) is 0.906. The third-order valence-corrected chi connectivity index (χ3v) is 5.31. The lowest BCUT2D eigenvalue weighted by Crippen LogP contribution is -2.53. The Morgan fingerprint density at radius 2 is 1.95 bits per heavy atom. The highest BCUT2D eigenvalue weighted by Gasteiger charge is 2.44. The molecule has 118 valence electrons. The van der Waals surface area contributed by atoms with Crippen molar-refractivity contribution in [3.05, 3.63) is 29.8 Å². The SMILES string of the molecule is COc1cccc(C2CCN2C(=O)NC(C2CC2)C2CC2)c1. The van der Waals surface area contributed by atoms with Crippen molar-refractivity contribution in [3.8, 4) is 5.75 Å². The van der Waals surface area contributed by atoms with E-state index in [4.69, 9.17) is 4.74 Å². The van der Waals surface area contributed by atoms with Gasteiger partial charge in [-0.3, -0.25) is 0 Å². The minimum absolute atomic E-state index is 0.128. The van der Waals surface area contributed by atoms with Crippen molar-refractivity contribution in [2.24, 2.45) is 11.8 Å². The summed E-state index contributed by atoms with van der Waals surface area (Å²) < 4.78 is 5.29. The van der Waals surface area contributed by atoms with Crippen LogP contribution in [0.2, 0.25) is 0 Å². The Bertz CT molecular complexity index is 554. The van der Waals surface area contributed by atoms with Gasteiger partial charge in [0, 0.05) is 12.6 Å². The summed E-state index contributed by atoms with van der Waals surface area (Å²) in [5.41, 5.74) is 1.18. The second-order valence-corrected chi connectivity index (χ2v) is 6.92. The van der Waals surface area contributed by atoms with Crippen LogP contribution in [-0.2, 0) is 0 Å². The molecule has 1 aromatic rings. The molecule has 2 saturated carbocycles. The fraction of sp³-hybridized carbons (Fsp3) is 0.611. The predicted octanol–water partition coefficient (Wildman–Crippen LogP) is 3.34. The Balaban J connectivity index is 1.42. The third-order valence-electron chi connectivity index (χ3n) is 5.31. The lowest BCUT2D eigenvalue weighted by molar-refractivity contribution is 0.110.